The number of aromatic hydroxyl groups is 1. The Balaban J connectivity index is 2.06. The van der Waals surface area contributed by atoms with Gasteiger partial charge in [0.15, 0.2) is 11.5 Å². The second-order valence-corrected chi connectivity index (χ2v) is 5.83. The van der Waals surface area contributed by atoms with Gasteiger partial charge in [-0.15, -0.1) is 0 Å². The van der Waals surface area contributed by atoms with Crippen molar-refractivity contribution in [3.8, 4) is 22.9 Å². The fourth-order valence-electron chi connectivity index (χ4n) is 1.83. The molecule has 114 valence electrons. The number of phenols is 1. The average molecular weight is 291 g/mol. The van der Waals surface area contributed by atoms with E-state index in [0.29, 0.717) is 23.9 Å². The van der Waals surface area contributed by atoms with Gasteiger partial charge >= 0.3 is 0 Å². The fraction of sp³-hybridized carbons (Fsp3) is 0.467. The fourth-order valence-corrected chi connectivity index (χ4v) is 1.83. The molecule has 6 nitrogen and oxygen atoms in total. The van der Waals surface area contributed by atoms with E-state index in [0.717, 1.165) is 12.1 Å². The Morgan fingerprint density at radius 3 is 2.76 bits per heavy atom. The van der Waals surface area contributed by atoms with E-state index < -0.39 is 0 Å². The Morgan fingerprint density at radius 2 is 2.10 bits per heavy atom. The van der Waals surface area contributed by atoms with Crippen LogP contribution in [0.2, 0.25) is 0 Å². The molecule has 1 aromatic carbocycles. The summed E-state index contributed by atoms with van der Waals surface area (Å²) in [6.07, 6.45) is 0.666. The first-order valence-corrected chi connectivity index (χ1v) is 6.84. The van der Waals surface area contributed by atoms with Crippen LogP contribution in [0.1, 0.15) is 26.7 Å². The van der Waals surface area contributed by atoms with Gasteiger partial charge in [-0.25, -0.2) is 0 Å². The van der Waals surface area contributed by atoms with Gasteiger partial charge in [-0.3, -0.25) is 0 Å². The Kier molecular flexibility index (Phi) is 4.47. The van der Waals surface area contributed by atoms with Gasteiger partial charge < -0.3 is 19.7 Å². The highest BCUT2D eigenvalue weighted by Gasteiger charge is 2.13. The van der Waals surface area contributed by atoms with E-state index in [1.54, 1.807) is 18.2 Å². The van der Waals surface area contributed by atoms with E-state index >= 15 is 0 Å². The maximum atomic E-state index is 9.58. The van der Waals surface area contributed by atoms with E-state index in [2.05, 4.69) is 36.2 Å². The third kappa shape index (κ3) is 4.19. The van der Waals surface area contributed by atoms with Gasteiger partial charge in [0.2, 0.25) is 11.7 Å². The van der Waals surface area contributed by atoms with Crippen LogP contribution in [0.25, 0.3) is 11.4 Å². The Hall–Kier alpha value is -2.08. The van der Waals surface area contributed by atoms with Crippen molar-refractivity contribution in [3.05, 3.63) is 24.1 Å². The molecule has 0 aliphatic heterocycles. The van der Waals surface area contributed by atoms with E-state index in [4.69, 9.17) is 9.26 Å². The molecule has 0 atom stereocenters. The number of hydrogen-bond acceptors (Lipinski definition) is 6. The number of benzene rings is 1. The normalized spacial score (nSPS) is 11.6. The predicted octanol–water partition coefficient (Wildman–Crippen LogP) is 2.38. The lowest BCUT2D eigenvalue weighted by atomic mass is 10.1. The summed E-state index contributed by atoms with van der Waals surface area (Å²) in [5.41, 5.74) is 0.802. The molecule has 0 bridgehead atoms. The third-order valence-electron chi connectivity index (χ3n) is 2.90. The molecule has 0 saturated heterocycles. The largest absolute Gasteiger partial charge is 0.504 e. The van der Waals surface area contributed by atoms with Gasteiger partial charge in [0.25, 0.3) is 0 Å². The van der Waals surface area contributed by atoms with Gasteiger partial charge in [0.1, 0.15) is 0 Å². The molecule has 0 saturated carbocycles. The standard InChI is InChI=1S/C15H21N3O3/c1-15(2,3)16-8-7-13-17-14(18-21-13)10-5-6-11(19)12(9-10)20-4/h5-6,9,16,19H,7-8H2,1-4H3. The zero-order valence-electron chi connectivity index (χ0n) is 12.8. The first kappa shape index (κ1) is 15.3. The van der Waals surface area contributed by atoms with Crippen molar-refractivity contribution < 1.29 is 14.4 Å². The summed E-state index contributed by atoms with van der Waals surface area (Å²) in [5, 5.41) is 16.9. The van der Waals surface area contributed by atoms with E-state index in [1.165, 1.54) is 7.11 Å². The molecule has 0 spiro atoms. The lowest BCUT2D eigenvalue weighted by Gasteiger charge is -2.19. The van der Waals surface area contributed by atoms with Crippen molar-refractivity contribution in [1.82, 2.24) is 15.5 Å². The summed E-state index contributed by atoms with van der Waals surface area (Å²) in [7, 11) is 1.50. The Bertz CT molecular complexity index is 602. The number of phenolic OH excluding ortho intramolecular Hbond substituents is 1. The van der Waals surface area contributed by atoms with Crippen molar-refractivity contribution in [2.24, 2.45) is 0 Å². The second-order valence-electron chi connectivity index (χ2n) is 5.83. The lowest BCUT2D eigenvalue weighted by Crippen LogP contribution is -2.37. The van der Waals surface area contributed by atoms with Crippen LogP contribution in [-0.2, 0) is 6.42 Å². The molecule has 2 aromatic rings. The van der Waals surface area contributed by atoms with Crippen molar-refractivity contribution in [1.29, 1.82) is 0 Å². The molecule has 0 aliphatic rings. The number of nitrogens with zero attached hydrogens (tertiary/aromatic N) is 2. The summed E-state index contributed by atoms with van der Waals surface area (Å²) >= 11 is 0. The SMILES string of the molecule is COc1cc(-c2noc(CCNC(C)(C)C)n2)ccc1O. The van der Waals surface area contributed by atoms with Crippen LogP contribution in [0.3, 0.4) is 0 Å². The van der Waals surface area contributed by atoms with Crippen molar-refractivity contribution in [2.75, 3.05) is 13.7 Å². The molecule has 0 aliphatic carbocycles. The minimum atomic E-state index is 0.0627. The molecule has 1 heterocycles. The highest BCUT2D eigenvalue weighted by molar-refractivity contribution is 5.60. The van der Waals surface area contributed by atoms with E-state index in [9.17, 15) is 5.11 Å². The smallest absolute Gasteiger partial charge is 0.228 e. The van der Waals surface area contributed by atoms with Crippen LogP contribution in [0.4, 0.5) is 0 Å². The zero-order valence-corrected chi connectivity index (χ0v) is 12.8. The van der Waals surface area contributed by atoms with Crippen molar-refractivity contribution in [3.63, 3.8) is 0 Å². The van der Waals surface area contributed by atoms with Gasteiger partial charge in [-0.05, 0) is 39.0 Å². The number of ether oxygens (including phenoxy) is 1. The summed E-state index contributed by atoms with van der Waals surface area (Å²) < 4.78 is 10.3. The molecule has 0 fully saturated rings. The number of hydrogen-bond donors (Lipinski definition) is 2. The first-order valence-electron chi connectivity index (χ1n) is 6.84. The highest BCUT2D eigenvalue weighted by Crippen LogP contribution is 2.30. The van der Waals surface area contributed by atoms with Crippen LogP contribution in [-0.4, -0.2) is 34.4 Å². The summed E-state index contributed by atoms with van der Waals surface area (Å²) in [6.45, 7) is 7.09. The highest BCUT2D eigenvalue weighted by atomic mass is 16.5. The lowest BCUT2D eigenvalue weighted by molar-refractivity contribution is 0.362. The Morgan fingerprint density at radius 1 is 1.33 bits per heavy atom. The summed E-state index contributed by atoms with van der Waals surface area (Å²) in [5.74, 6) is 1.53. The van der Waals surface area contributed by atoms with Crippen LogP contribution in [0.15, 0.2) is 22.7 Å². The molecular weight excluding hydrogens is 270 g/mol. The van der Waals surface area contributed by atoms with Gasteiger partial charge in [0.05, 0.1) is 7.11 Å². The minimum absolute atomic E-state index is 0.0627. The zero-order chi connectivity index (χ0) is 15.5. The van der Waals surface area contributed by atoms with Crippen LogP contribution in [0.5, 0.6) is 11.5 Å². The molecule has 2 rings (SSSR count). The molecule has 0 unspecified atom stereocenters. The van der Waals surface area contributed by atoms with E-state index in [1.807, 2.05) is 0 Å². The first-order chi connectivity index (χ1) is 9.89. The molecule has 0 radical (unpaired) electrons. The number of rotatable bonds is 5. The average Bonchev–Trinajstić information content (AvgIpc) is 2.86. The number of aromatic nitrogens is 2. The van der Waals surface area contributed by atoms with E-state index in [-0.39, 0.29) is 11.3 Å². The predicted molar refractivity (Wildman–Crippen MR) is 79.4 cm³/mol. The van der Waals surface area contributed by atoms with Crippen molar-refractivity contribution in [2.45, 2.75) is 32.7 Å². The van der Waals surface area contributed by atoms with Crippen molar-refractivity contribution >= 4 is 0 Å². The van der Waals surface area contributed by atoms with Crippen LogP contribution >= 0.6 is 0 Å². The molecule has 2 N–H and O–H groups in total. The number of nitrogens with one attached hydrogen (secondary N) is 1. The quantitative estimate of drug-likeness (QED) is 0.880. The van der Waals surface area contributed by atoms with Gasteiger partial charge in [-0.1, -0.05) is 5.16 Å². The summed E-state index contributed by atoms with van der Waals surface area (Å²) in [4.78, 5) is 4.35. The monoisotopic (exact) mass is 291 g/mol. The number of methoxy groups -OCH3 is 1. The third-order valence-corrected chi connectivity index (χ3v) is 2.90. The molecule has 1 aromatic heterocycles. The minimum Gasteiger partial charge on any atom is -0.504 e. The summed E-state index contributed by atoms with van der Waals surface area (Å²) in [6, 6.07) is 4.95. The van der Waals surface area contributed by atoms with Crippen LogP contribution < -0.4 is 10.1 Å². The molecule has 21 heavy (non-hydrogen) atoms. The molecular formula is C15H21N3O3. The van der Waals surface area contributed by atoms with Crippen LogP contribution in [0, 0.1) is 0 Å². The maximum absolute atomic E-state index is 9.58. The molecule has 6 heteroatoms. The second kappa shape index (κ2) is 6.13. The topological polar surface area (TPSA) is 80.4 Å². The maximum Gasteiger partial charge on any atom is 0.228 e. The van der Waals surface area contributed by atoms with Gasteiger partial charge in [0, 0.05) is 24.1 Å². The molecule has 0 amide bonds. The Labute approximate surface area is 124 Å². The van der Waals surface area contributed by atoms with Gasteiger partial charge in [-0.2, -0.15) is 4.98 Å².